The van der Waals surface area contributed by atoms with Crippen molar-refractivity contribution in [3.05, 3.63) is 0 Å². The molecule has 60 valence electrons. The average Bonchev–Trinajstić information content (AvgIpc) is 2.05. The molecule has 0 aromatic heterocycles. The zero-order valence-corrected chi connectivity index (χ0v) is 9.19. The van der Waals surface area contributed by atoms with Gasteiger partial charge in [-0.1, -0.05) is 26.2 Å². The van der Waals surface area contributed by atoms with Crippen molar-refractivity contribution in [1.29, 1.82) is 0 Å². The van der Waals surface area contributed by atoms with Crippen molar-refractivity contribution in [1.82, 2.24) is 4.98 Å². The van der Waals surface area contributed by atoms with E-state index in [9.17, 15) is 0 Å². The highest BCUT2D eigenvalue weighted by Gasteiger charge is 2.17. The van der Waals surface area contributed by atoms with Crippen LogP contribution >= 0.6 is 0 Å². The summed E-state index contributed by atoms with van der Waals surface area (Å²) < 4.78 is 0. The molecule has 1 rings (SSSR count). The van der Waals surface area contributed by atoms with Crippen LogP contribution in [0.15, 0.2) is 0 Å². The summed E-state index contributed by atoms with van der Waals surface area (Å²) in [6.07, 6.45) is 7.35. The molecule has 1 aliphatic carbocycles. The highest BCUT2D eigenvalue weighted by Crippen LogP contribution is 2.25. The molecule has 0 amide bonds. The van der Waals surface area contributed by atoms with E-state index in [1.807, 2.05) is 0 Å². The monoisotopic (exact) mass is 157 g/mol. The number of hydrogen-bond donors (Lipinski definition) is 1. The lowest BCUT2D eigenvalue weighted by Gasteiger charge is -2.27. The second kappa shape index (κ2) is 4.14. The van der Waals surface area contributed by atoms with E-state index in [0.717, 1.165) is 22.4 Å². The summed E-state index contributed by atoms with van der Waals surface area (Å²) in [6.45, 7) is 2.34. The SMILES string of the molecule is CC(N[SiH3])C1CCCCC1. The predicted molar refractivity (Wildman–Crippen MR) is 49.1 cm³/mol. The standard InChI is InChI=1S/C8H19NSi/c1-7(9-10)8-5-3-2-4-6-8/h7-9H,2-6H2,1,10H3. The molecule has 0 radical (unpaired) electrons. The second-order valence-electron chi connectivity index (χ2n) is 3.48. The van der Waals surface area contributed by atoms with Gasteiger partial charge in [0.2, 0.25) is 0 Å². The molecule has 0 spiro atoms. The minimum absolute atomic E-state index is 0.798. The molecule has 1 unspecified atom stereocenters. The molecule has 1 atom stereocenters. The summed E-state index contributed by atoms with van der Waals surface area (Å²) in [5, 5.41) is 0. The minimum atomic E-state index is 0.798. The van der Waals surface area contributed by atoms with Crippen LogP contribution in [0.3, 0.4) is 0 Å². The Morgan fingerprint density at radius 3 is 2.40 bits per heavy atom. The van der Waals surface area contributed by atoms with Crippen molar-refractivity contribution in [3.8, 4) is 0 Å². The maximum absolute atomic E-state index is 3.47. The van der Waals surface area contributed by atoms with Crippen LogP contribution in [0.1, 0.15) is 39.0 Å². The van der Waals surface area contributed by atoms with Crippen molar-refractivity contribution >= 4 is 10.4 Å². The van der Waals surface area contributed by atoms with Gasteiger partial charge in [0, 0.05) is 0 Å². The Morgan fingerprint density at radius 2 is 1.90 bits per heavy atom. The largest absolute Gasteiger partial charge is 0.343 e. The van der Waals surface area contributed by atoms with Gasteiger partial charge in [0.25, 0.3) is 0 Å². The predicted octanol–water partition coefficient (Wildman–Crippen LogP) is 0.825. The molecule has 2 heteroatoms. The quantitative estimate of drug-likeness (QED) is 0.585. The van der Waals surface area contributed by atoms with Crippen LogP contribution in [-0.4, -0.2) is 16.4 Å². The van der Waals surface area contributed by atoms with E-state index in [0.29, 0.717) is 0 Å². The third-order valence-electron chi connectivity index (χ3n) is 2.81. The average molecular weight is 157 g/mol. The summed E-state index contributed by atoms with van der Waals surface area (Å²) >= 11 is 0. The maximum Gasteiger partial charge on any atom is 0.0752 e. The number of hydrogen-bond acceptors (Lipinski definition) is 1. The summed E-state index contributed by atoms with van der Waals surface area (Å²) in [7, 11) is 1.16. The van der Waals surface area contributed by atoms with Gasteiger partial charge in [-0.2, -0.15) is 0 Å². The normalized spacial score (nSPS) is 24.9. The second-order valence-corrected chi connectivity index (χ2v) is 4.05. The lowest BCUT2D eigenvalue weighted by Crippen LogP contribution is -2.32. The maximum atomic E-state index is 3.47. The molecule has 1 N–H and O–H groups in total. The van der Waals surface area contributed by atoms with Crippen molar-refractivity contribution in [3.63, 3.8) is 0 Å². The van der Waals surface area contributed by atoms with E-state index in [1.54, 1.807) is 0 Å². The molecule has 10 heavy (non-hydrogen) atoms. The van der Waals surface area contributed by atoms with E-state index in [2.05, 4.69) is 11.9 Å². The van der Waals surface area contributed by atoms with Crippen LogP contribution in [0.4, 0.5) is 0 Å². The third-order valence-corrected chi connectivity index (χ3v) is 3.72. The van der Waals surface area contributed by atoms with Crippen molar-refractivity contribution in [2.75, 3.05) is 0 Å². The fourth-order valence-electron chi connectivity index (χ4n) is 1.87. The van der Waals surface area contributed by atoms with Crippen LogP contribution in [0.5, 0.6) is 0 Å². The van der Waals surface area contributed by atoms with Gasteiger partial charge in [-0.15, -0.1) is 0 Å². The molecule has 0 bridgehead atoms. The first-order valence-electron chi connectivity index (χ1n) is 4.52. The first-order valence-corrected chi connectivity index (χ1v) is 5.52. The van der Waals surface area contributed by atoms with Crippen LogP contribution in [0.25, 0.3) is 0 Å². The van der Waals surface area contributed by atoms with Gasteiger partial charge in [-0.25, -0.2) is 0 Å². The molecule has 0 heterocycles. The minimum Gasteiger partial charge on any atom is -0.343 e. The van der Waals surface area contributed by atoms with Crippen molar-refractivity contribution in [2.45, 2.75) is 45.1 Å². The Balaban J connectivity index is 2.24. The smallest absolute Gasteiger partial charge is 0.0752 e. The summed E-state index contributed by atoms with van der Waals surface area (Å²) in [4.78, 5) is 3.47. The zero-order chi connectivity index (χ0) is 7.40. The zero-order valence-electron chi connectivity index (χ0n) is 7.19. The fourth-order valence-corrected chi connectivity index (χ4v) is 2.34. The Kier molecular flexibility index (Phi) is 3.42. The van der Waals surface area contributed by atoms with Crippen LogP contribution in [0, 0.1) is 5.92 Å². The fraction of sp³-hybridized carbons (Fsp3) is 1.00. The Hall–Kier alpha value is 0.177. The molecule has 0 aromatic rings. The molecule has 1 saturated carbocycles. The van der Waals surface area contributed by atoms with Gasteiger partial charge in [0.05, 0.1) is 10.4 Å². The summed E-state index contributed by atoms with van der Waals surface area (Å²) in [5.41, 5.74) is 0. The van der Waals surface area contributed by atoms with Gasteiger partial charge in [0.15, 0.2) is 0 Å². The highest BCUT2D eigenvalue weighted by atomic mass is 28.2. The lowest BCUT2D eigenvalue weighted by molar-refractivity contribution is 0.305. The highest BCUT2D eigenvalue weighted by molar-refractivity contribution is 6.04. The van der Waals surface area contributed by atoms with Gasteiger partial charge in [0.1, 0.15) is 0 Å². The van der Waals surface area contributed by atoms with E-state index in [4.69, 9.17) is 0 Å². The molecule has 1 nitrogen and oxygen atoms in total. The van der Waals surface area contributed by atoms with Crippen LogP contribution in [0.2, 0.25) is 0 Å². The van der Waals surface area contributed by atoms with Gasteiger partial charge >= 0.3 is 0 Å². The Morgan fingerprint density at radius 1 is 1.30 bits per heavy atom. The Labute approximate surface area is 67.1 Å². The van der Waals surface area contributed by atoms with Gasteiger partial charge in [-0.3, -0.25) is 0 Å². The third kappa shape index (κ3) is 2.10. The van der Waals surface area contributed by atoms with Crippen molar-refractivity contribution in [2.24, 2.45) is 5.92 Å². The molecule has 0 aromatic carbocycles. The number of rotatable bonds is 2. The first kappa shape index (κ1) is 8.28. The molecular formula is C8H19NSi. The van der Waals surface area contributed by atoms with Crippen LogP contribution in [-0.2, 0) is 0 Å². The molecule has 0 saturated heterocycles. The van der Waals surface area contributed by atoms with E-state index < -0.39 is 0 Å². The topological polar surface area (TPSA) is 12.0 Å². The van der Waals surface area contributed by atoms with Gasteiger partial charge in [-0.05, 0) is 24.8 Å². The van der Waals surface area contributed by atoms with E-state index >= 15 is 0 Å². The molecule has 1 aliphatic rings. The lowest BCUT2D eigenvalue weighted by atomic mass is 9.85. The molecule has 0 aliphatic heterocycles. The van der Waals surface area contributed by atoms with E-state index in [-0.39, 0.29) is 0 Å². The first-order chi connectivity index (χ1) is 4.84. The van der Waals surface area contributed by atoms with Gasteiger partial charge < -0.3 is 4.98 Å². The Bertz CT molecular complexity index is 89.3. The van der Waals surface area contributed by atoms with E-state index in [1.165, 1.54) is 32.1 Å². The van der Waals surface area contributed by atoms with Crippen molar-refractivity contribution < 1.29 is 0 Å². The summed E-state index contributed by atoms with van der Waals surface area (Å²) in [5.74, 6) is 0.992. The molecular weight excluding hydrogens is 138 g/mol. The van der Waals surface area contributed by atoms with Crippen LogP contribution < -0.4 is 4.98 Å². The number of nitrogens with one attached hydrogen (secondary N) is 1. The molecule has 1 fully saturated rings. The summed E-state index contributed by atoms with van der Waals surface area (Å²) in [6, 6.07) is 0.798.